The third-order valence-corrected chi connectivity index (χ3v) is 7.11. The van der Waals surface area contributed by atoms with Crippen molar-refractivity contribution in [2.24, 2.45) is 0 Å². The van der Waals surface area contributed by atoms with Crippen LogP contribution in [0, 0.1) is 6.92 Å². The number of thiazole rings is 2. The van der Waals surface area contributed by atoms with Gasteiger partial charge in [-0.15, -0.1) is 11.3 Å². The molecule has 0 atom stereocenters. The Morgan fingerprint density at radius 1 is 1.26 bits per heavy atom. The number of rotatable bonds is 1. The number of hydrogen-bond acceptors (Lipinski definition) is 6. The maximum absolute atomic E-state index is 12.8. The van der Waals surface area contributed by atoms with Crippen molar-refractivity contribution in [2.75, 3.05) is 11.9 Å². The summed E-state index contributed by atoms with van der Waals surface area (Å²) in [6.45, 7) is 3.23. The zero-order chi connectivity index (χ0) is 18.5. The Bertz CT molecular complexity index is 1180. The number of fused-ring (bicyclic) bond motifs is 4. The molecule has 1 N–H and O–H groups in total. The van der Waals surface area contributed by atoms with Crippen molar-refractivity contribution in [3.05, 3.63) is 39.2 Å². The molecule has 9 heteroatoms. The van der Waals surface area contributed by atoms with Gasteiger partial charge in [-0.25, -0.2) is 14.8 Å². The summed E-state index contributed by atoms with van der Waals surface area (Å²) in [7, 11) is 0. The van der Waals surface area contributed by atoms with Gasteiger partial charge in [0.05, 0.1) is 32.0 Å². The first-order valence-electron chi connectivity index (χ1n) is 8.56. The van der Waals surface area contributed by atoms with Crippen LogP contribution in [0.2, 0.25) is 0 Å². The first-order valence-corrected chi connectivity index (χ1v) is 11.0. The summed E-state index contributed by atoms with van der Waals surface area (Å²) in [5, 5.41) is 4.62. The molecule has 1 aliphatic heterocycles. The molecule has 6 nitrogen and oxygen atoms in total. The Kier molecular flexibility index (Phi) is 4.18. The molecule has 1 aliphatic rings. The predicted molar refractivity (Wildman–Crippen MR) is 112 cm³/mol. The third-order valence-electron chi connectivity index (χ3n) is 4.58. The van der Waals surface area contributed by atoms with E-state index in [0.29, 0.717) is 22.9 Å². The second kappa shape index (κ2) is 6.57. The van der Waals surface area contributed by atoms with Gasteiger partial charge in [-0.3, -0.25) is 5.32 Å². The number of aryl methyl sites for hydroxylation is 2. The van der Waals surface area contributed by atoms with E-state index in [9.17, 15) is 4.79 Å². The quantitative estimate of drug-likeness (QED) is 0.402. The van der Waals surface area contributed by atoms with Crippen molar-refractivity contribution in [3.63, 3.8) is 0 Å². The fourth-order valence-electron chi connectivity index (χ4n) is 3.37. The molecule has 4 heterocycles. The van der Waals surface area contributed by atoms with Gasteiger partial charge in [-0.1, -0.05) is 11.3 Å². The average molecular weight is 463 g/mol. The summed E-state index contributed by atoms with van der Waals surface area (Å²) < 4.78 is 8.58. The number of nitrogens with zero attached hydrogens (tertiary/aromatic N) is 3. The third kappa shape index (κ3) is 3.13. The minimum absolute atomic E-state index is 0.129. The zero-order valence-electron chi connectivity index (χ0n) is 14.4. The van der Waals surface area contributed by atoms with Crippen LogP contribution in [-0.4, -0.2) is 27.4 Å². The van der Waals surface area contributed by atoms with Crippen LogP contribution < -0.4 is 5.32 Å². The van der Waals surface area contributed by atoms with Gasteiger partial charge in [0.15, 0.2) is 9.80 Å². The maximum atomic E-state index is 12.8. The molecule has 4 aromatic rings. The van der Waals surface area contributed by atoms with Gasteiger partial charge >= 0.3 is 6.03 Å². The first-order chi connectivity index (χ1) is 13.1. The zero-order valence-corrected chi connectivity index (χ0v) is 17.6. The molecule has 27 heavy (non-hydrogen) atoms. The van der Waals surface area contributed by atoms with Crippen LogP contribution in [0.4, 0.5) is 9.93 Å². The Hall–Kier alpha value is -1.97. The second-order valence-corrected chi connectivity index (χ2v) is 9.45. The van der Waals surface area contributed by atoms with Gasteiger partial charge in [0.1, 0.15) is 5.76 Å². The van der Waals surface area contributed by atoms with E-state index in [2.05, 4.69) is 31.2 Å². The molecule has 0 spiro atoms. The van der Waals surface area contributed by atoms with Crippen molar-refractivity contribution in [1.82, 2.24) is 14.9 Å². The van der Waals surface area contributed by atoms with Crippen molar-refractivity contribution < 1.29 is 9.21 Å². The van der Waals surface area contributed by atoms with E-state index in [4.69, 9.17) is 4.42 Å². The molecule has 0 aliphatic carbocycles. The first kappa shape index (κ1) is 17.2. The lowest BCUT2D eigenvalue weighted by atomic mass is 10.2. The Labute approximate surface area is 171 Å². The van der Waals surface area contributed by atoms with Crippen molar-refractivity contribution in [2.45, 2.75) is 26.3 Å². The fourth-order valence-corrected chi connectivity index (χ4v) is 5.84. The summed E-state index contributed by atoms with van der Waals surface area (Å²) in [4.78, 5) is 23.7. The Balaban J connectivity index is 1.41. The molecule has 0 saturated heterocycles. The van der Waals surface area contributed by atoms with E-state index < -0.39 is 0 Å². The van der Waals surface area contributed by atoms with Gasteiger partial charge in [0, 0.05) is 18.5 Å². The van der Waals surface area contributed by atoms with Gasteiger partial charge in [0.2, 0.25) is 0 Å². The highest BCUT2D eigenvalue weighted by Crippen LogP contribution is 2.36. The normalized spacial score (nSPS) is 14.5. The Morgan fingerprint density at radius 2 is 2.04 bits per heavy atom. The van der Waals surface area contributed by atoms with Crippen molar-refractivity contribution in [3.8, 4) is 0 Å². The van der Waals surface area contributed by atoms with Crippen LogP contribution in [0.1, 0.15) is 22.8 Å². The summed E-state index contributed by atoms with van der Waals surface area (Å²) in [5.41, 5.74) is 2.93. The van der Waals surface area contributed by atoms with Gasteiger partial charge in [-0.05, 0) is 47.5 Å². The van der Waals surface area contributed by atoms with Crippen LogP contribution >= 0.6 is 38.6 Å². The lowest BCUT2D eigenvalue weighted by Crippen LogP contribution is -2.34. The van der Waals surface area contributed by atoms with Crippen LogP contribution in [0.5, 0.6) is 0 Å². The number of aromatic nitrogens is 2. The minimum Gasteiger partial charge on any atom is -0.454 e. The number of halogens is 1. The number of anilines is 1. The highest BCUT2D eigenvalue weighted by molar-refractivity contribution is 9.10. The number of furan rings is 1. The second-order valence-electron chi connectivity index (χ2n) is 6.47. The molecule has 2 amide bonds. The summed E-state index contributed by atoms with van der Waals surface area (Å²) >= 11 is 6.53. The molecule has 138 valence electrons. The van der Waals surface area contributed by atoms with E-state index in [1.54, 1.807) is 11.3 Å². The summed E-state index contributed by atoms with van der Waals surface area (Å²) in [5.74, 6) is 0.958. The summed E-state index contributed by atoms with van der Waals surface area (Å²) in [6, 6.07) is 5.77. The molecule has 0 radical (unpaired) electrons. The number of carbonyl (C=O) groups is 1. The lowest BCUT2D eigenvalue weighted by Gasteiger charge is -2.19. The van der Waals surface area contributed by atoms with Crippen LogP contribution in [0.15, 0.2) is 27.3 Å². The Morgan fingerprint density at radius 3 is 2.89 bits per heavy atom. The topological polar surface area (TPSA) is 71.3 Å². The van der Waals surface area contributed by atoms with E-state index in [0.717, 1.165) is 49.6 Å². The number of benzene rings is 1. The molecule has 0 unspecified atom stereocenters. The van der Waals surface area contributed by atoms with Crippen molar-refractivity contribution >= 4 is 70.2 Å². The highest BCUT2D eigenvalue weighted by atomic mass is 79.9. The number of nitrogens with one attached hydrogen (secondary N) is 1. The van der Waals surface area contributed by atoms with Crippen molar-refractivity contribution in [1.29, 1.82) is 0 Å². The number of urea groups is 1. The smallest absolute Gasteiger partial charge is 0.323 e. The molecule has 5 rings (SSSR count). The van der Waals surface area contributed by atoms with Gasteiger partial charge in [0.25, 0.3) is 0 Å². The largest absolute Gasteiger partial charge is 0.454 e. The number of amides is 2. The number of hydrogen-bond donors (Lipinski definition) is 1. The monoisotopic (exact) mass is 462 g/mol. The molecular weight excluding hydrogens is 448 g/mol. The van der Waals surface area contributed by atoms with Gasteiger partial charge < -0.3 is 9.32 Å². The summed E-state index contributed by atoms with van der Waals surface area (Å²) in [6.07, 6.45) is 1.72. The molecular formula is C18H15BrN4O2S2. The highest BCUT2D eigenvalue weighted by Gasteiger charge is 2.23. The van der Waals surface area contributed by atoms with E-state index in [1.165, 1.54) is 11.3 Å². The van der Waals surface area contributed by atoms with E-state index in [-0.39, 0.29) is 6.03 Å². The molecule has 1 aromatic carbocycles. The average Bonchev–Trinajstić information content (AvgIpc) is 3.26. The van der Waals surface area contributed by atoms with Gasteiger partial charge in [-0.2, -0.15) is 0 Å². The predicted octanol–water partition coefficient (Wildman–Crippen LogP) is 5.55. The molecule has 0 saturated carbocycles. The van der Waals surface area contributed by atoms with Crippen LogP contribution in [0.3, 0.4) is 0 Å². The fraction of sp³-hybridized carbons (Fsp3) is 0.278. The lowest BCUT2D eigenvalue weighted by molar-refractivity contribution is 0.210. The SMILES string of the molecule is Cc1nc2ccc3nc(NC(=O)N4CCCc5oc(Br)cc5C4)sc3c2s1. The number of carbonyl (C=O) groups excluding carboxylic acids is 1. The molecule has 3 aromatic heterocycles. The molecule has 0 fully saturated rings. The standard InChI is InChI=1S/C18H15BrN4O2S2/c1-9-20-11-4-5-12-16(15(11)26-9)27-17(21-12)22-18(24)23-6-2-3-13-10(8-23)7-14(19)25-13/h4-5,7H,2-3,6,8H2,1H3,(H,21,22,24). The van der Waals surface area contributed by atoms with Crippen LogP contribution in [-0.2, 0) is 13.0 Å². The van der Waals surface area contributed by atoms with Crippen LogP contribution in [0.25, 0.3) is 20.4 Å². The molecule has 0 bridgehead atoms. The minimum atomic E-state index is -0.129. The van der Waals surface area contributed by atoms with E-state index in [1.807, 2.05) is 30.0 Å². The maximum Gasteiger partial charge on any atom is 0.323 e. The van der Waals surface area contributed by atoms with E-state index >= 15 is 0 Å².